The summed E-state index contributed by atoms with van der Waals surface area (Å²) in [4.78, 5) is 15.4. The van der Waals surface area contributed by atoms with E-state index in [-0.39, 0.29) is 0 Å². The molecule has 0 radical (unpaired) electrons. The quantitative estimate of drug-likeness (QED) is 0.176. The van der Waals surface area contributed by atoms with Crippen molar-refractivity contribution in [1.29, 1.82) is 0 Å². The van der Waals surface area contributed by atoms with Gasteiger partial charge in [-0.25, -0.2) is 15.0 Å². The summed E-state index contributed by atoms with van der Waals surface area (Å²) in [6.07, 6.45) is 0. The number of nitrogens with zero attached hydrogens (tertiary/aromatic N) is 4. The fourth-order valence-corrected chi connectivity index (χ4v) is 8.57. The van der Waals surface area contributed by atoms with E-state index >= 15 is 0 Å². The van der Waals surface area contributed by atoms with Crippen molar-refractivity contribution < 1.29 is 8.83 Å². The van der Waals surface area contributed by atoms with Crippen LogP contribution in [0, 0.1) is 0 Å². The number of benzene rings is 8. The minimum absolute atomic E-state index is 0.573. The first-order valence-corrected chi connectivity index (χ1v) is 19.0. The lowest BCUT2D eigenvalue weighted by atomic mass is 9.96. The molecule has 8 aromatic carbocycles. The highest BCUT2D eigenvalue weighted by Gasteiger charge is 2.22. The number of aromatic nitrogens is 4. The van der Waals surface area contributed by atoms with Crippen molar-refractivity contribution in [3.05, 3.63) is 182 Å². The van der Waals surface area contributed by atoms with Gasteiger partial charge in [-0.05, 0) is 60.2 Å². The van der Waals surface area contributed by atoms with Gasteiger partial charge >= 0.3 is 0 Å². The van der Waals surface area contributed by atoms with Gasteiger partial charge in [0.05, 0.1) is 11.0 Å². The van der Waals surface area contributed by atoms with Crippen molar-refractivity contribution in [3.63, 3.8) is 0 Å². The molecule has 6 nitrogen and oxygen atoms in total. The number of rotatable bonds is 5. The molecule has 0 fully saturated rings. The Hall–Kier alpha value is -7.83. The standard InChI is InChI=1S/C51H30N4O2/c1-3-14-31(15-4-1)49-52-50(54-51(53-49)39-23-13-27-45-47(39)38-19-8-10-25-42(38)56-45)32-28-29-43-40(30-32)46-35(20-12-26-44(46)57-43)37-22-11-21-36-34-18-7-9-24-41(34)55(48(36)37)33-16-5-2-6-17-33/h1-30H. The maximum absolute atomic E-state index is 6.59. The topological polar surface area (TPSA) is 69.9 Å². The molecule has 6 heteroatoms. The molecule has 0 amide bonds. The number of fused-ring (bicyclic) bond motifs is 9. The highest BCUT2D eigenvalue weighted by molar-refractivity contribution is 6.19. The minimum atomic E-state index is 0.573. The van der Waals surface area contributed by atoms with Crippen LogP contribution >= 0.6 is 0 Å². The van der Waals surface area contributed by atoms with Crippen molar-refractivity contribution in [2.45, 2.75) is 0 Å². The first kappa shape index (κ1) is 31.5. The first-order chi connectivity index (χ1) is 28.3. The zero-order valence-electron chi connectivity index (χ0n) is 30.4. The van der Waals surface area contributed by atoms with Crippen LogP contribution in [0.4, 0.5) is 0 Å². The molecule has 4 heterocycles. The maximum Gasteiger partial charge on any atom is 0.164 e. The zero-order valence-corrected chi connectivity index (χ0v) is 30.4. The van der Waals surface area contributed by atoms with Crippen LogP contribution in [0.1, 0.15) is 0 Å². The normalized spacial score (nSPS) is 11.9. The third kappa shape index (κ3) is 4.87. The molecule has 4 aromatic heterocycles. The van der Waals surface area contributed by atoms with E-state index in [2.05, 4.69) is 114 Å². The second-order valence-electron chi connectivity index (χ2n) is 14.3. The molecule has 0 aliphatic rings. The molecule has 0 aliphatic carbocycles. The Morgan fingerprint density at radius 3 is 1.72 bits per heavy atom. The van der Waals surface area contributed by atoms with E-state index in [1.165, 1.54) is 10.8 Å². The molecule has 0 saturated carbocycles. The molecular weight excluding hydrogens is 701 g/mol. The van der Waals surface area contributed by atoms with Crippen molar-refractivity contribution in [1.82, 2.24) is 19.5 Å². The summed E-state index contributed by atoms with van der Waals surface area (Å²) in [5.41, 5.74) is 11.5. The Balaban J connectivity index is 1.10. The largest absolute Gasteiger partial charge is 0.456 e. The Morgan fingerprint density at radius 2 is 0.912 bits per heavy atom. The molecule has 266 valence electrons. The number of para-hydroxylation sites is 4. The third-order valence-corrected chi connectivity index (χ3v) is 11.1. The van der Waals surface area contributed by atoms with Crippen molar-refractivity contribution in [2.75, 3.05) is 0 Å². The second kappa shape index (κ2) is 12.3. The van der Waals surface area contributed by atoms with E-state index in [0.717, 1.165) is 88.4 Å². The van der Waals surface area contributed by atoms with E-state index in [4.69, 9.17) is 23.8 Å². The van der Waals surface area contributed by atoms with Crippen LogP contribution in [-0.2, 0) is 0 Å². The monoisotopic (exact) mass is 730 g/mol. The Labute approximate surface area is 325 Å². The summed E-state index contributed by atoms with van der Waals surface area (Å²) in [6.45, 7) is 0. The van der Waals surface area contributed by atoms with Crippen LogP contribution in [0.15, 0.2) is 191 Å². The van der Waals surface area contributed by atoms with Crippen LogP contribution in [0.5, 0.6) is 0 Å². The molecule has 0 atom stereocenters. The fourth-order valence-electron chi connectivity index (χ4n) is 8.57. The zero-order chi connectivity index (χ0) is 37.5. The van der Waals surface area contributed by atoms with Crippen LogP contribution in [0.3, 0.4) is 0 Å². The summed E-state index contributed by atoms with van der Waals surface area (Å²) in [6, 6.07) is 62.7. The molecule has 57 heavy (non-hydrogen) atoms. The summed E-state index contributed by atoms with van der Waals surface area (Å²) in [7, 11) is 0. The van der Waals surface area contributed by atoms with Gasteiger partial charge in [-0.15, -0.1) is 0 Å². The van der Waals surface area contributed by atoms with Gasteiger partial charge in [-0.3, -0.25) is 0 Å². The van der Waals surface area contributed by atoms with Gasteiger partial charge in [0.15, 0.2) is 17.5 Å². The van der Waals surface area contributed by atoms with E-state index < -0.39 is 0 Å². The average Bonchev–Trinajstić information content (AvgIpc) is 3.96. The Kier molecular flexibility index (Phi) is 6.83. The maximum atomic E-state index is 6.59. The van der Waals surface area contributed by atoms with Gasteiger partial charge < -0.3 is 13.4 Å². The highest BCUT2D eigenvalue weighted by Crippen LogP contribution is 2.44. The second-order valence-corrected chi connectivity index (χ2v) is 14.3. The minimum Gasteiger partial charge on any atom is -0.456 e. The molecule has 12 rings (SSSR count). The predicted molar refractivity (Wildman–Crippen MR) is 230 cm³/mol. The lowest BCUT2D eigenvalue weighted by Gasteiger charge is -2.12. The molecule has 0 bridgehead atoms. The summed E-state index contributed by atoms with van der Waals surface area (Å²) in [5.74, 6) is 1.75. The van der Waals surface area contributed by atoms with E-state index in [9.17, 15) is 0 Å². The van der Waals surface area contributed by atoms with E-state index in [1.807, 2.05) is 72.8 Å². The molecule has 0 unspecified atom stereocenters. The van der Waals surface area contributed by atoms with E-state index in [1.54, 1.807) is 0 Å². The predicted octanol–water partition coefficient (Wildman–Crippen LogP) is 13.4. The number of hydrogen-bond donors (Lipinski definition) is 0. The number of hydrogen-bond acceptors (Lipinski definition) is 5. The molecule has 0 N–H and O–H groups in total. The molecular formula is C51H30N4O2. The van der Waals surface area contributed by atoms with Crippen molar-refractivity contribution >= 4 is 65.7 Å². The smallest absolute Gasteiger partial charge is 0.164 e. The summed E-state index contributed by atoms with van der Waals surface area (Å²) in [5, 5.41) is 6.44. The van der Waals surface area contributed by atoms with Gasteiger partial charge in [0, 0.05) is 60.3 Å². The van der Waals surface area contributed by atoms with E-state index in [0.29, 0.717) is 17.5 Å². The molecule has 0 aliphatic heterocycles. The van der Waals surface area contributed by atoms with Crippen LogP contribution in [-0.4, -0.2) is 19.5 Å². The van der Waals surface area contributed by atoms with Gasteiger partial charge in [0.25, 0.3) is 0 Å². The number of furan rings is 2. The molecule has 0 saturated heterocycles. The van der Waals surface area contributed by atoms with Gasteiger partial charge in [0.1, 0.15) is 22.3 Å². The lowest BCUT2D eigenvalue weighted by molar-refractivity contribution is 0.668. The first-order valence-electron chi connectivity index (χ1n) is 19.0. The Morgan fingerprint density at radius 1 is 0.351 bits per heavy atom. The SMILES string of the molecule is c1ccc(-c2nc(-c3ccc4oc5cccc(-c6cccc7c8ccccc8n(-c8ccccc8)c67)c5c4c3)nc(-c3cccc4oc5ccccc5c34)n2)cc1. The van der Waals surface area contributed by atoms with Crippen LogP contribution in [0.2, 0.25) is 0 Å². The van der Waals surface area contributed by atoms with Crippen LogP contribution < -0.4 is 0 Å². The average molecular weight is 731 g/mol. The van der Waals surface area contributed by atoms with Crippen molar-refractivity contribution in [3.8, 4) is 51.0 Å². The molecule has 12 aromatic rings. The van der Waals surface area contributed by atoms with Gasteiger partial charge in [0.2, 0.25) is 0 Å². The Bertz CT molecular complexity index is 3530. The van der Waals surface area contributed by atoms with Crippen molar-refractivity contribution in [2.24, 2.45) is 0 Å². The fraction of sp³-hybridized carbons (Fsp3) is 0. The van der Waals surface area contributed by atoms with Crippen LogP contribution in [0.25, 0.3) is 117 Å². The summed E-state index contributed by atoms with van der Waals surface area (Å²) >= 11 is 0. The highest BCUT2D eigenvalue weighted by atomic mass is 16.3. The molecule has 0 spiro atoms. The lowest BCUT2D eigenvalue weighted by Crippen LogP contribution is -2.00. The van der Waals surface area contributed by atoms with Gasteiger partial charge in [-0.1, -0.05) is 127 Å². The van der Waals surface area contributed by atoms with Gasteiger partial charge in [-0.2, -0.15) is 0 Å². The third-order valence-electron chi connectivity index (χ3n) is 11.1. The summed E-state index contributed by atoms with van der Waals surface area (Å²) < 4.78 is 15.2.